The van der Waals surface area contributed by atoms with Gasteiger partial charge in [-0.25, -0.2) is 0 Å². The highest BCUT2D eigenvalue weighted by Gasteiger charge is 2.12. The van der Waals surface area contributed by atoms with Gasteiger partial charge in [-0.2, -0.15) is 0 Å². The lowest BCUT2D eigenvalue weighted by Gasteiger charge is -2.17. The molecule has 3 aromatic carbocycles. The van der Waals surface area contributed by atoms with Gasteiger partial charge in [0.05, 0.1) is 13.7 Å². The van der Waals surface area contributed by atoms with Crippen LogP contribution in [0.5, 0.6) is 17.2 Å². The normalized spacial score (nSPS) is 10.6. The van der Waals surface area contributed by atoms with E-state index in [0.29, 0.717) is 24.8 Å². The Bertz CT molecular complexity index is 928. The fraction of sp³-hybridized carbons (Fsp3) is 0.280. The molecule has 3 rings (SSSR count). The van der Waals surface area contributed by atoms with Crippen LogP contribution in [-0.2, 0) is 19.6 Å². The first-order chi connectivity index (χ1) is 14.7. The lowest BCUT2D eigenvalue weighted by Crippen LogP contribution is -2.17. The summed E-state index contributed by atoms with van der Waals surface area (Å²) in [5.41, 5.74) is 3.27. The van der Waals surface area contributed by atoms with Crippen LogP contribution in [-0.4, -0.2) is 20.3 Å². The molecule has 0 heterocycles. The average molecular weight is 426 g/mol. The largest absolute Gasteiger partial charge is 0.497 e. The van der Waals surface area contributed by atoms with Crippen LogP contribution in [0.2, 0.25) is 5.02 Å². The number of ether oxygens (including phenoxy) is 3. The molecular formula is C25H28ClNO3. The molecule has 0 aliphatic heterocycles. The summed E-state index contributed by atoms with van der Waals surface area (Å²) in [6.07, 6.45) is 0.935. The average Bonchev–Trinajstić information content (AvgIpc) is 2.78. The van der Waals surface area contributed by atoms with Crippen molar-refractivity contribution in [2.75, 3.05) is 20.3 Å². The molecular weight excluding hydrogens is 398 g/mol. The van der Waals surface area contributed by atoms with Gasteiger partial charge in [-0.15, -0.1) is 0 Å². The maximum atomic E-state index is 6.28. The number of benzene rings is 3. The molecule has 0 spiro atoms. The Morgan fingerprint density at radius 3 is 2.37 bits per heavy atom. The van der Waals surface area contributed by atoms with E-state index >= 15 is 0 Å². The van der Waals surface area contributed by atoms with Crippen LogP contribution in [0.15, 0.2) is 66.7 Å². The van der Waals surface area contributed by atoms with E-state index in [1.54, 1.807) is 7.11 Å². The van der Waals surface area contributed by atoms with E-state index < -0.39 is 0 Å². The van der Waals surface area contributed by atoms with Gasteiger partial charge >= 0.3 is 0 Å². The Labute approximate surface area is 183 Å². The first kappa shape index (κ1) is 22.0. The molecule has 0 bridgehead atoms. The summed E-state index contributed by atoms with van der Waals surface area (Å²) in [4.78, 5) is 0. The highest BCUT2D eigenvalue weighted by atomic mass is 35.5. The lowest BCUT2D eigenvalue weighted by molar-refractivity contribution is 0.266. The summed E-state index contributed by atoms with van der Waals surface area (Å²) >= 11 is 6.28. The minimum absolute atomic E-state index is 0.391. The molecule has 158 valence electrons. The molecule has 30 heavy (non-hydrogen) atoms. The Kier molecular flexibility index (Phi) is 8.42. The third-order valence-corrected chi connectivity index (χ3v) is 5.12. The first-order valence-electron chi connectivity index (χ1n) is 10.2. The Hall–Kier alpha value is -2.69. The van der Waals surface area contributed by atoms with Gasteiger partial charge in [0.1, 0.15) is 12.4 Å². The van der Waals surface area contributed by atoms with E-state index in [2.05, 4.69) is 23.5 Å². The standard InChI is InChI=1S/C25H28ClNO3/c1-3-29-24-10-6-8-20(25(24)30-18-21-7-4-5-9-23(21)26)17-27-16-15-19-11-13-22(28-2)14-12-19/h4-14,27H,3,15-18H2,1-2H3. The van der Waals surface area contributed by atoms with Crippen LogP contribution >= 0.6 is 11.6 Å². The third kappa shape index (κ3) is 6.15. The highest BCUT2D eigenvalue weighted by molar-refractivity contribution is 6.31. The molecule has 5 heteroatoms. The van der Waals surface area contributed by atoms with Gasteiger partial charge in [-0.1, -0.05) is 54.1 Å². The maximum Gasteiger partial charge on any atom is 0.166 e. The van der Waals surface area contributed by atoms with Crippen LogP contribution in [0.4, 0.5) is 0 Å². The Morgan fingerprint density at radius 2 is 1.63 bits per heavy atom. The van der Waals surface area contributed by atoms with Crippen molar-refractivity contribution in [3.63, 3.8) is 0 Å². The van der Waals surface area contributed by atoms with E-state index in [0.717, 1.165) is 41.3 Å². The minimum Gasteiger partial charge on any atom is -0.497 e. The summed E-state index contributed by atoms with van der Waals surface area (Å²) in [7, 11) is 1.68. The van der Waals surface area contributed by atoms with E-state index in [-0.39, 0.29) is 0 Å². The van der Waals surface area contributed by atoms with Crippen LogP contribution in [0, 0.1) is 0 Å². The summed E-state index contributed by atoms with van der Waals surface area (Å²) in [5, 5.41) is 4.20. The number of rotatable bonds is 11. The molecule has 0 saturated carbocycles. The molecule has 0 radical (unpaired) electrons. The molecule has 0 amide bonds. The van der Waals surface area contributed by atoms with E-state index in [1.807, 2.05) is 55.5 Å². The number of para-hydroxylation sites is 1. The molecule has 0 aromatic heterocycles. The zero-order valence-electron chi connectivity index (χ0n) is 17.5. The SMILES string of the molecule is CCOc1cccc(CNCCc2ccc(OC)cc2)c1OCc1ccccc1Cl. The molecule has 0 fully saturated rings. The fourth-order valence-corrected chi connectivity index (χ4v) is 3.34. The van der Waals surface area contributed by atoms with Gasteiger partial charge in [0.25, 0.3) is 0 Å². The van der Waals surface area contributed by atoms with Crippen LogP contribution in [0.25, 0.3) is 0 Å². The molecule has 0 aliphatic carbocycles. The summed E-state index contributed by atoms with van der Waals surface area (Å²) in [6, 6.07) is 21.9. The predicted molar refractivity (Wildman–Crippen MR) is 122 cm³/mol. The fourth-order valence-electron chi connectivity index (χ4n) is 3.15. The molecule has 0 atom stereocenters. The number of hydrogen-bond acceptors (Lipinski definition) is 4. The van der Waals surface area contributed by atoms with Gasteiger partial charge in [-0.3, -0.25) is 0 Å². The number of halogens is 1. The molecule has 1 N–H and O–H groups in total. The zero-order chi connectivity index (χ0) is 21.2. The van der Waals surface area contributed by atoms with Gasteiger partial charge in [-0.05, 0) is 49.7 Å². The second kappa shape index (κ2) is 11.5. The number of nitrogens with one attached hydrogen (secondary N) is 1. The summed E-state index contributed by atoms with van der Waals surface area (Å²) in [5.74, 6) is 2.38. The quantitative estimate of drug-likeness (QED) is 0.402. The maximum absolute atomic E-state index is 6.28. The third-order valence-electron chi connectivity index (χ3n) is 4.76. The van der Waals surface area contributed by atoms with Crippen molar-refractivity contribution in [3.8, 4) is 17.2 Å². The van der Waals surface area contributed by atoms with Gasteiger partial charge in [0.15, 0.2) is 11.5 Å². The summed E-state index contributed by atoms with van der Waals surface area (Å²) < 4.78 is 17.2. The summed E-state index contributed by atoms with van der Waals surface area (Å²) in [6.45, 7) is 4.49. The topological polar surface area (TPSA) is 39.7 Å². The smallest absolute Gasteiger partial charge is 0.166 e. The van der Waals surface area contributed by atoms with E-state index in [1.165, 1.54) is 5.56 Å². The lowest BCUT2D eigenvalue weighted by atomic mass is 10.1. The van der Waals surface area contributed by atoms with Gasteiger partial charge in [0, 0.05) is 22.7 Å². The van der Waals surface area contributed by atoms with Gasteiger partial charge in [0.2, 0.25) is 0 Å². The van der Waals surface area contributed by atoms with Crippen molar-refractivity contribution in [3.05, 3.63) is 88.4 Å². The van der Waals surface area contributed by atoms with Crippen molar-refractivity contribution in [2.45, 2.75) is 26.5 Å². The minimum atomic E-state index is 0.391. The number of hydrogen-bond donors (Lipinski definition) is 1. The molecule has 4 nitrogen and oxygen atoms in total. The van der Waals surface area contributed by atoms with Crippen LogP contribution in [0.3, 0.4) is 0 Å². The number of methoxy groups -OCH3 is 1. The van der Waals surface area contributed by atoms with Crippen molar-refractivity contribution in [1.82, 2.24) is 5.32 Å². The molecule has 0 saturated heterocycles. The van der Waals surface area contributed by atoms with E-state index in [9.17, 15) is 0 Å². The Balaban J connectivity index is 1.62. The first-order valence-corrected chi connectivity index (χ1v) is 10.5. The second-order valence-corrected chi connectivity index (χ2v) is 7.24. The second-order valence-electron chi connectivity index (χ2n) is 6.83. The zero-order valence-corrected chi connectivity index (χ0v) is 18.2. The molecule has 0 unspecified atom stereocenters. The van der Waals surface area contributed by atoms with Crippen molar-refractivity contribution < 1.29 is 14.2 Å². The Morgan fingerprint density at radius 1 is 0.867 bits per heavy atom. The van der Waals surface area contributed by atoms with E-state index in [4.69, 9.17) is 25.8 Å². The highest BCUT2D eigenvalue weighted by Crippen LogP contribution is 2.32. The molecule has 3 aromatic rings. The van der Waals surface area contributed by atoms with Crippen molar-refractivity contribution >= 4 is 11.6 Å². The molecule has 0 aliphatic rings. The predicted octanol–water partition coefficient (Wildman–Crippen LogP) is 5.66. The van der Waals surface area contributed by atoms with Gasteiger partial charge < -0.3 is 19.5 Å². The van der Waals surface area contributed by atoms with Crippen molar-refractivity contribution in [1.29, 1.82) is 0 Å². The monoisotopic (exact) mass is 425 g/mol. The van der Waals surface area contributed by atoms with Crippen molar-refractivity contribution in [2.24, 2.45) is 0 Å². The van der Waals surface area contributed by atoms with Crippen LogP contribution in [0.1, 0.15) is 23.6 Å². The van der Waals surface area contributed by atoms with Crippen LogP contribution < -0.4 is 19.5 Å².